The first-order chi connectivity index (χ1) is 29.8. The van der Waals surface area contributed by atoms with E-state index in [0.717, 1.165) is 55.6 Å². The SMILES string of the molecule is CC(C)c1cc(-c2ccccc2)cc(C(C)C)c1-n1c(-c2[c-]ccc3c2oc2cc4c(ccc5ccccc54)cc23)nc2ccccc21.Fc1c[c-]c(-c2ccccn2)cc1.[Ir]. The molecule has 305 valence electrons. The number of hydrogen-bond donors (Lipinski definition) is 0. The first kappa shape index (κ1) is 40.7. The molecule has 0 fully saturated rings. The van der Waals surface area contributed by atoms with Crippen LogP contribution in [0.15, 0.2) is 174 Å². The molecule has 6 heteroatoms. The topological polar surface area (TPSA) is 43.9 Å². The van der Waals surface area contributed by atoms with Gasteiger partial charge in [0.05, 0.1) is 22.4 Å². The van der Waals surface area contributed by atoms with Crippen molar-refractivity contribution >= 4 is 54.5 Å². The Bertz CT molecular complexity index is 3340. The molecule has 0 aliphatic carbocycles. The monoisotopic (exact) mass is 984 g/mol. The van der Waals surface area contributed by atoms with Gasteiger partial charge in [0.15, 0.2) is 0 Å². The average Bonchev–Trinajstić information content (AvgIpc) is 3.87. The third kappa shape index (κ3) is 7.40. The van der Waals surface area contributed by atoms with Gasteiger partial charge in [-0.1, -0.05) is 130 Å². The predicted molar refractivity (Wildman–Crippen MR) is 250 cm³/mol. The van der Waals surface area contributed by atoms with Crippen LogP contribution in [0.2, 0.25) is 0 Å². The van der Waals surface area contributed by atoms with Crippen molar-refractivity contribution in [1.82, 2.24) is 14.5 Å². The van der Waals surface area contributed by atoms with Gasteiger partial charge in [-0.15, -0.1) is 48.0 Å². The summed E-state index contributed by atoms with van der Waals surface area (Å²) in [6, 6.07) is 61.9. The molecule has 0 unspecified atom stereocenters. The molecule has 3 aromatic heterocycles. The van der Waals surface area contributed by atoms with Gasteiger partial charge in [0.1, 0.15) is 5.58 Å². The van der Waals surface area contributed by atoms with Crippen LogP contribution in [0, 0.1) is 17.9 Å². The zero-order valence-electron chi connectivity index (χ0n) is 34.8. The second kappa shape index (κ2) is 17.0. The predicted octanol–water partition coefficient (Wildman–Crippen LogP) is 15.3. The van der Waals surface area contributed by atoms with Crippen molar-refractivity contribution in [1.29, 1.82) is 0 Å². The summed E-state index contributed by atoms with van der Waals surface area (Å²) in [5.74, 6) is 1.12. The Hall–Kier alpha value is -6.72. The Morgan fingerprint density at radius 2 is 1.34 bits per heavy atom. The van der Waals surface area contributed by atoms with E-state index in [9.17, 15) is 4.39 Å². The maximum Gasteiger partial charge on any atom is 0.121 e. The summed E-state index contributed by atoms with van der Waals surface area (Å²) < 4.78 is 21.8. The Kier molecular flexibility index (Phi) is 11.1. The van der Waals surface area contributed by atoms with Crippen LogP contribution in [0.25, 0.3) is 94.0 Å². The largest absolute Gasteiger partial charge is 0.501 e. The number of aromatic nitrogens is 3. The minimum Gasteiger partial charge on any atom is -0.501 e. The fourth-order valence-corrected chi connectivity index (χ4v) is 8.53. The van der Waals surface area contributed by atoms with E-state index in [-0.39, 0.29) is 37.8 Å². The second-order valence-corrected chi connectivity index (χ2v) is 16.1. The Morgan fingerprint density at radius 3 is 2.08 bits per heavy atom. The first-order valence-corrected chi connectivity index (χ1v) is 20.8. The van der Waals surface area contributed by atoms with Crippen molar-refractivity contribution in [3.05, 3.63) is 199 Å². The minimum absolute atomic E-state index is 0. The van der Waals surface area contributed by atoms with E-state index in [2.05, 4.69) is 171 Å². The average molecular weight is 984 g/mol. The molecule has 62 heavy (non-hydrogen) atoms. The van der Waals surface area contributed by atoms with E-state index in [4.69, 9.17) is 9.40 Å². The van der Waals surface area contributed by atoms with Crippen LogP contribution in [0.5, 0.6) is 0 Å². The minimum atomic E-state index is -0.278. The smallest absolute Gasteiger partial charge is 0.121 e. The van der Waals surface area contributed by atoms with Crippen LogP contribution in [0.3, 0.4) is 0 Å². The fraction of sp³-hybridized carbons (Fsp3) is 0.107. The molecule has 8 aromatic carbocycles. The van der Waals surface area contributed by atoms with Gasteiger partial charge in [0.2, 0.25) is 0 Å². The summed E-state index contributed by atoms with van der Waals surface area (Å²) in [6.45, 7) is 9.15. The van der Waals surface area contributed by atoms with Gasteiger partial charge in [-0.2, -0.15) is 0 Å². The summed E-state index contributed by atoms with van der Waals surface area (Å²) in [5.41, 5.74) is 12.4. The summed E-state index contributed by atoms with van der Waals surface area (Å²) in [6.07, 6.45) is 1.70. The molecule has 0 saturated heterocycles. The maximum absolute atomic E-state index is 12.6. The number of benzene rings is 8. The molecule has 4 nitrogen and oxygen atoms in total. The molecular weight excluding hydrogens is 942 g/mol. The molecule has 1 radical (unpaired) electrons. The molecule has 0 spiro atoms. The quantitative estimate of drug-likeness (QED) is 0.123. The molecule has 0 aliphatic heterocycles. The number of halogens is 1. The van der Waals surface area contributed by atoms with Gasteiger partial charge >= 0.3 is 0 Å². The zero-order valence-corrected chi connectivity index (χ0v) is 37.2. The van der Waals surface area contributed by atoms with E-state index >= 15 is 0 Å². The van der Waals surface area contributed by atoms with E-state index in [1.807, 2.05) is 24.3 Å². The summed E-state index contributed by atoms with van der Waals surface area (Å²) in [5, 5.41) is 7.02. The number of fused-ring (bicyclic) bond motifs is 7. The normalized spacial score (nSPS) is 11.5. The van der Waals surface area contributed by atoms with E-state index in [1.54, 1.807) is 12.3 Å². The number of nitrogens with zero attached hydrogens (tertiary/aromatic N) is 3. The molecule has 0 bridgehead atoms. The van der Waals surface area contributed by atoms with Gasteiger partial charge in [-0.3, -0.25) is 9.37 Å². The van der Waals surface area contributed by atoms with Gasteiger partial charge < -0.3 is 14.0 Å². The van der Waals surface area contributed by atoms with E-state index < -0.39 is 0 Å². The molecule has 3 heterocycles. The number of pyridine rings is 1. The van der Waals surface area contributed by atoms with Crippen LogP contribution in [0.4, 0.5) is 4.39 Å². The Morgan fingerprint density at radius 1 is 0.613 bits per heavy atom. The molecule has 0 N–H and O–H groups in total. The zero-order chi connectivity index (χ0) is 41.6. The van der Waals surface area contributed by atoms with Crippen molar-refractivity contribution < 1.29 is 28.9 Å². The number of furan rings is 1. The summed E-state index contributed by atoms with van der Waals surface area (Å²) in [7, 11) is 0. The van der Waals surface area contributed by atoms with Crippen LogP contribution in [-0.2, 0) is 20.1 Å². The van der Waals surface area contributed by atoms with Crippen LogP contribution < -0.4 is 0 Å². The Balaban J connectivity index is 0.000000300. The van der Waals surface area contributed by atoms with E-state index in [0.29, 0.717) is 0 Å². The Labute approximate surface area is 374 Å². The third-order valence-electron chi connectivity index (χ3n) is 11.5. The van der Waals surface area contributed by atoms with Crippen molar-refractivity contribution in [2.75, 3.05) is 0 Å². The maximum atomic E-state index is 12.6. The fourth-order valence-electron chi connectivity index (χ4n) is 8.53. The summed E-state index contributed by atoms with van der Waals surface area (Å²) >= 11 is 0. The molecule has 0 saturated carbocycles. The number of para-hydroxylation sites is 2. The van der Waals surface area contributed by atoms with E-state index in [1.165, 1.54) is 61.6 Å². The molecule has 11 rings (SSSR count). The molecule has 0 atom stereocenters. The van der Waals surface area contributed by atoms with Crippen molar-refractivity contribution in [3.63, 3.8) is 0 Å². The van der Waals surface area contributed by atoms with Crippen molar-refractivity contribution in [3.8, 4) is 39.5 Å². The van der Waals surface area contributed by atoms with Gasteiger partial charge in [-0.05, 0) is 104 Å². The second-order valence-electron chi connectivity index (χ2n) is 16.1. The van der Waals surface area contributed by atoms with Gasteiger partial charge in [0.25, 0.3) is 0 Å². The number of imidazole rings is 1. The molecule has 0 aliphatic rings. The third-order valence-corrected chi connectivity index (χ3v) is 11.5. The van der Waals surface area contributed by atoms with Crippen LogP contribution >= 0.6 is 0 Å². The van der Waals surface area contributed by atoms with Gasteiger partial charge in [-0.25, -0.2) is 0 Å². The summed E-state index contributed by atoms with van der Waals surface area (Å²) in [4.78, 5) is 9.45. The van der Waals surface area contributed by atoms with Crippen molar-refractivity contribution in [2.45, 2.75) is 39.5 Å². The van der Waals surface area contributed by atoms with Gasteiger partial charge in [0, 0.05) is 43.2 Å². The first-order valence-electron chi connectivity index (χ1n) is 20.8. The molecular formula is C56H42FIrN3O-2. The van der Waals surface area contributed by atoms with Crippen molar-refractivity contribution in [2.24, 2.45) is 0 Å². The molecule has 11 aromatic rings. The molecule has 0 amide bonds. The van der Waals surface area contributed by atoms with Crippen LogP contribution in [0.1, 0.15) is 50.7 Å². The number of rotatable bonds is 6. The standard InChI is InChI=1S/C45H35N2O.C11H7FN.Ir/c1-27(2)36-24-32(29-13-6-5-7-14-29)25-37(28(3)4)43(36)47-41-20-11-10-19-40(41)46-45(47)35-18-12-17-34-39-23-31-22-21-30-15-8-9-16-33(30)38(31)26-42(39)48-44(34)35;12-10-6-4-9(5-7-10)11-3-1-2-8-13-11;/h5-17,19-28H,1-4H3;1-4,6-8H;/q2*-1;. The number of hydrogen-bond acceptors (Lipinski definition) is 3. The van der Waals surface area contributed by atoms with Crippen LogP contribution in [-0.4, -0.2) is 14.5 Å².